The van der Waals surface area contributed by atoms with Crippen LogP contribution in [-0.2, 0) is 13.0 Å². The smallest absolute Gasteiger partial charge is 0.164 e. The summed E-state index contributed by atoms with van der Waals surface area (Å²) in [7, 11) is 0. The second-order valence-corrected chi connectivity index (χ2v) is 8.36. The van der Waals surface area contributed by atoms with Crippen molar-refractivity contribution in [1.29, 1.82) is 0 Å². The third kappa shape index (κ3) is 4.79. The third-order valence-electron chi connectivity index (χ3n) is 6.36. The first-order valence-corrected chi connectivity index (χ1v) is 11.1. The molecule has 29 heavy (non-hydrogen) atoms. The van der Waals surface area contributed by atoms with E-state index in [1.807, 2.05) is 13.0 Å². The Balaban J connectivity index is 1.28. The molecular formula is C26H32N2O. The van der Waals surface area contributed by atoms with Gasteiger partial charge in [-0.2, -0.15) is 0 Å². The summed E-state index contributed by atoms with van der Waals surface area (Å²) >= 11 is 0. The molecule has 0 unspecified atom stereocenters. The molecule has 1 fully saturated rings. The summed E-state index contributed by atoms with van der Waals surface area (Å²) in [6.45, 7) is 6.48. The highest BCUT2D eigenvalue weighted by atomic mass is 16.1. The molecule has 0 atom stereocenters. The number of Topliss-reactive ketones (excluding diaryl/α,β-unsaturated/α-hetero) is 1. The second kappa shape index (κ2) is 9.41. The van der Waals surface area contributed by atoms with Crippen molar-refractivity contribution in [2.45, 2.75) is 45.6 Å². The molecule has 1 aromatic heterocycles. The average molecular weight is 389 g/mol. The molecule has 1 aliphatic rings. The van der Waals surface area contributed by atoms with Crippen LogP contribution in [0.1, 0.15) is 48.5 Å². The van der Waals surface area contributed by atoms with E-state index in [1.54, 1.807) is 0 Å². The van der Waals surface area contributed by atoms with E-state index >= 15 is 0 Å². The molecule has 152 valence electrons. The first-order chi connectivity index (χ1) is 14.2. The fraction of sp³-hybridized carbons (Fsp3) is 0.423. The molecule has 3 heteroatoms. The van der Waals surface area contributed by atoms with Crippen LogP contribution in [0, 0.1) is 5.92 Å². The molecule has 0 radical (unpaired) electrons. The zero-order valence-corrected chi connectivity index (χ0v) is 17.5. The molecule has 3 nitrogen and oxygen atoms in total. The van der Waals surface area contributed by atoms with E-state index in [0.717, 1.165) is 36.4 Å². The molecule has 2 aromatic carbocycles. The molecule has 3 aromatic rings. The minimum Gasteiger partial charge on any atom is -0.347 e. The number of hydrogen-bond donors (Lipinski definition) is 0. The summed E-state index contributed by atoms with van der Waals surface area (Å²) < 4.78 is 2.28. The van der Waals surface area contributed by atoms with Gasteiger partial charge in [0.2, 0.25) is 0 Å². The molecule has 0 amide bonds. The predicted octanol–water partition coefficient (Wildman–Crippen LogP) is 5.58. The summed E-state index contributed by atoms with van der Waals surface area (Å²) in [5.41, 5.74) is 3.54. The van der Waals surface area contributed by atoms with Crippen LogP contribution < -0.4 is 0 Å². The molecule has 0 bridgehead atoms. The van der Waals surface area contributed by atoms with Gasteiger partial charge in [-0.1, -0.05) is 55.5 Å². The predicted molar refractivity (Wildman–Crippen MR) is 120 cm³/mol. The molecule has 0 saturated carbocycles. The van der Waals surface area contributed by atoms with E-state index in [2.05, 4.69) is 64.2 Å². The largest absolute Gasteiger partial charge is 0.347 e. The van der Waals surface area contributed by atoms with Gasteiger partial charge in [-0.15, -0.1) is 0 Å². The summed E-state index contributed by atoms with van der Waals surface area (Å²) in [6.07, 6.45) is 7.58. The fourth-order valence-corrected chi connectivity index (χ4v) is 4.67. The van der Waals surface area contributed by atoms with E-state index in [0.29, 0.717) is 6.42 Å². The van der Waals surface area contributed by atoms with E-state index in [9.17, 15) is 4.79 Å². The van der Waals surface area contributed by atoms with Gasteiger partial charge in [0.15, 0.2) is 5.78 Å². The molecular weight excluding hydrogens is 356 g/mol. The molecule has 2 heterocycles. The van der Waals surface area contributed by atoms with Crippen molar-refractivity contribution in [3.8, 4) is 0 Å². The maximum Gasteiger partial charge on any atom is 0.164 e. The van der Waals surface area contributed by atoms with Crippen molar-refractivity contribution in [2.24, 2.45) is 5.92 Å². The number of aryl methyl sites for hydroxylation is 1. The molecule has 0 aliphatic carbocycles. The summed E-state index contributed by atoms with van der Waals surface area (Å²) in [5.74, 6) is 1.06. The van der Waals surface area contributed by atoms with Gasteiger partial charge in [0.05, 0.1) is 0 Å². The molecule has 4 rings (SSSR count). The lowest BCUT2D eigenvalue weighted by atomic mass is 9.90. The van der Waals surface area contributed by atoms with Gasteiger partial charge in [0, 0.05) is 35.6 Å². The van der Waals surface area contributed by atoms with Crippen LogP contribution in [-0.4, -0.2) is 34.9 Å². The first-order valence-electron chi connectivity index (χ1n) is 11.1. The lowest BCUT2D eigenvalue weighted by molar-refractivity contribution is 0.0989. The van der Waals surface area contributed by atoms with Crippen LogP contribution in [0.4, 0.5) is 0 Å². The lowest BCUT2D eigenvalue weighted by Gasteiger charge is -2.32. The highest BCUT2D eigenvalue weighted by Crippen LogP contribution is 2.24. The highest BCUT2D eigenvalue weighted by molar-refractivity contribution is 6.07. The van der Waals surface area contributed by atoms with Gasteiger partial charge < -0.3 is 9.47 Å². The Morgan fingerprint density at radius 1 is 0.966 bits per heavy atom. The minimum absolute atomic E-state index is 0.237. The molecule has 1 saturated heterocycles. The Kier molecular flexibility index (Phi) is 6.46. The van der Waals surface area contributed by atoms with Gasteiger partial charge in [-0.05, 0) is 62.9 Å². The van der Waals surface area contributed by atoms with Crippen molar-refractivity contribution < 1.29 is 4.79 Å². The lowest BCUT2D eigenvalue weighted by Crippen LogP contribution is -2.35. The molecule has 1 aliphatic heterocycles. The van der Waals surface area contributed by atoms with Crippen molar-refractivity contribution in [2.75, 3.05) is 19.6 Å². The number of benzene rings is 2. The minimum atomic E-state index is 0.237. The first kappa shape index (κ1) is 19.9. The van der Waals surface area contributed by atoms with Gasteiger partial charge >= 0.3 is 0 Å². The van der Waals surface area contributed by atoms with E-state index in [4.69, 9.17) is 0 Å². The maximum absolute atomic E-state index is 12.3. The van der Waals surface area contributed by atoms with Crippen LogP contribution in [0.2, 0.25) is 0 Å². The van der Waals surface area contributed by atoms with Crippen molar-refractivity contribution in [3.05, 3.63) is 71.9 Å². The summed E-state index contributed by atoms with van der Waals surface area (Å²) in [5, 5.41) is 1.10. The van der Waals surface area contributed by atoms with Gasteiger partial charge in [0.1, 0.15) is 0 Å². The summed E-state index contributed by atoms with van der Waals surface area (Å²) in [4.78, 5) is 14.9. The van der Waals surface area contributed by atoms with Gasteiger partial charge in [0.25, 0.3) is 0 Å². The van der Waals surface area contributed by atoms with Crippen LogP contribution in [0.5, 0.6) is 0 Å². The number of para-hydroxylation sites is 1. The average Bonchev–Trinajstić information content (AvgIpc) is 3.14. The topological polar surface area (TPSA) is 25.2 Å². The number of nitrogens with zero attached hydrogens (tertiary/aromatic N) is 2. The Morgan fingerprint density at radius 2 is 1.69 bits per heavy atom. The van der Waals surface area contributed by atoms with Crippen molar-refractivity contribution in [1.82, 2.24) is 9.47 Å². The quantitative estimate of drug-likeness (QED) is 0.471. The normalized spacial score (nSPS) is 15.8. The highest BCUT2D eigenvalue weighted by Gasteiger charge is 2.19. The van der Waals surface area contributed by atoms with E-state index in [1.165, 1.54) is 43.4 Å². The third-order valence-corrected chi connectivity index (χ3v) is 6.36. The Morgan fingerprint density at radius 3 is 2.45 bits per heavy atom. The monoisotopic (exact) mass is 388 g/mol. The second-order valence-electron chi connectivity index (χ2n) is 8.36. The van der Waals surface area contributed by atoms with Crippen LogP contribution in [0.3, 0.4) is 0 Å². The van der Waals surface area contributed by atoms with Crippen LogP contribution in [0.25, 0.3) is 10.9 Å². The number of aromatic nitrogens is 1. The SMILES string of the molecule is CCC(=O)c1cn(CCCN2CCC(Cc3ccccc3)CC2)c2ccccc12. The maximum atomic E-state index is 12.3. The standard InChI is InChI=1S/C26H32N2O/c1-2-26(29)24-20-28(25-12-7-6-11-23(24)25)16-8-15-27-17-13-22(14-18-27)19-21-9-4-3-5-10-21/h3-7,9-12,20,22H,2,8,13-19H2,1H3. The van der Waals surface area contributed by atoms with E-state index < -0.39 is 0 Å². The van der Waals surface area contributed by atoms with Crippen LogP contribution >= 0.6 is 0 Å². The van der Waals surface area contributed by atoms with Gasteiger partial charge in [-0.25, -0.2) is 0 Å². The molecule has 0 N–H and O–H groups in total. The number of rotatable bonds is 8. The number of piperidine rings is 1. The molecule has 0 spiro atoms. The Hall–Kier alpha value is -2.39. The fourth-order valence-electron chi connectivity index (χ4n) is 4.67. The number of likely N-dealkylation sites (tertiary alicyclic amines) is 1. The number of carbonyl (C=O) groups is 1. The Labute approximate surface area is 174 Å². The van der Waals surface area contributed by atoms with E-state index in [-0.39, 0.29) is 5.78 Å². The zero-order valence-electron chi connectivity index (χ0n) is 17.5. The number of fused-ring (bicyclic) bond motifs is 1. The summed E-state index contributed by atoms with van der Waals surface area (Å²) in [6, 6.07) is 19.2. The Bertz CT molecular complexity index is 936. The number of ketones is 1. The zero-order chi connectivity index (χ0) is 20.1. The van der Waals surface area contributed by atoms with Crippen LogP contribution in [0.15, 0.2) is 60.8 Å². The van der Waals surface area contributed by atoms with Gasteiger partial charge in [-0.3, -0.25) is 4.79 Å². The van der Waals surface area contributed by atoms with Crippen molar-refractivity contribution >= 4 is 16.7 Å². The number of hydrogen-bond acceptors (Lipinski definition) is 2. The number of carbonyl (C=O) groups excluding carboxylic acids is 1. The van der Waals surface area contributed by atoms with Crippen molar-refractivity contribution in [3.63, 3.8) is 0 Å².